The van der Waals surface area contributed by atoms with Crippen molar-refractivity contribution in [3.05, 3.63) is 30.2 Å². The maximum absolute atomic E-state index is 12.5. The molecule has 4 rings (SSSR count). The third-order valence-corrected chi connectivity index (χ3v) is 5.89. The summed E-state index contributed by atoms with van der Waals surface area (Å²) in [5.41, 5.74) is 9.18. The smallest absolute Gasteiger partial charge is 0.150 e. The lowest BCUT2D eigenvalue weighted by Crippen LogP contribution is -2.42. The van der Waals surface area contributed by atoms with Crippen LogP contribution in [0, 0.1) is 24.7 Å². The predicted molar refractivity (Wildman–Crippen MR) is 104 cm³/mol. The summed E-state index contributed by atoms with van der Waals surface area (Å²) < 4.78 is 0. The van der Waals surface area contributed by atoms with Crippen molar-refractivity contribution in [2.45, 2.75) is 45.6 Å². The van der Waals surface area contributed by atoms with E-state index in [2.05, 4.69) is 27.9 Å². The van der Waals surface area contributed by atoms with Crippen LogP contribution in [-0.2, 0) is 4.79 Å². The average Bonchev–Trinajstić information content (AvgIpc) is 3.46. The number of nitrogens with zero attached hydrogens (tertiary/aromatic N) is 3. The molecular formula is C21H28N4O. The zero-order valence-corrected chi connectivity index (χ0v) is 15.7. The second-order valence-corrected chi connectivity index (χ2v) is 8.27. The normalized spacial score (nSPS) is 24.7. The SMILES string of the molecule is Cc1ncc(N2C[C@@H](C)C[C@@H](CC(=O)[C@@H](N)C3CC3)C2)c2cccnc12. The van der Waals surface area contributed by atoms with Crippen LogP contribution in [0.4, 0.5) is 5.69 Å². The average molecular weight is 352 g/mol. The van der Waals surface area contributed by atoms with Crippen molar-refractivity contribution >= 4 is 22.4 Å². The van der Waals surface area contributed by atoms with Crippen molar-refractivity contribution in [1.82, 2.24) is 9.97 Å². The third kappa shape index (κ3) is 3.45. The van der Waals surface area contributed by atoms with Crippen LogP contribution in [-0.4, -0.2) is 34.9 Å². The molecule has 5 heteroatoms. The van der Waals surface area contributed by atoms with Gasteiger partial charge in [0.1, 0.15) is 5.78 Å². The van der Waals surface area contributed by atoms with Crippen molar-refractivity contribution < 1.29 is 4.79 Å². The predicted octanol–water partition coefficient (Wildman–Crippen LogP) is 3.10. The minimum Gasteiger partial charge on any atom is -0.369 e. The maximum Gasteiger partial charge on any atom is 0.150 e. The Labute approximate surface area is 155 Å². The van der Waals surface area contributed by atoms with Crippen molar-refractivity contribution in [2.24, 2.45) is 23.5 Å². The standard InChI is InChI=1S/C21H28N4O/c1-13-8-15(9-19(26)20(22)16-5-6-16)12-25(11-13)18-10-24-14(2)21-17(18)4-3-7-23-21/h3-4,7,10,13,15-16,20H,5-6,8-9,11-12,22H2,1-2H3/t13-,15-,20-/m0/s1. The molecule has 0 amide bonds. The van der Waals surface area contributed by atoms with Crippen LogP contribution in [0.1, 0.15) is 38.3 Å². The lowest BCUT2D eigenvalue weighted by atomic mass is 9.85. The van der Waals surface area contributed by atoms with Gasteiger partial charge in [0.2, 0.25) is 0 Å². The van der Waals surface area contributed by atoms with Crippen LogP contribution in [0.15, 0.2) is 24.5 Å². The Balaban J connectivity index is 1.55. The minimum absolute atomic E-state index is 0.244. The van der Waals surface area contributed by atoms with Crippen molar-refractivity contribution in [3.63, 3.8) is 0 Å². The number of ketones is 1. The summed E-state index contributed by atoms with van der Waals surface area (Å²) in [5.74, 6) is 1.60. The van der Waals surface area contributed by atoms with Gasteiger partial charge in [0.05, 0.1) is 29.1 Å². The summed E-state index contributed by atoms with van der Waals surface area (Å²) in [6.07, 6.45) is 7.72. The first-order valence-electron chi connectivity index (χ1n) is 9.76. The molecule has 1 saturated carbocycles. The number of hydrogen-bond donors (Lipinski definition) is 1. The summed E-state index contributed by atoms with van der Waals surface area (Å²) in [7, 11) is 0. The second-order valence-electron chi connectivity index (χ2n) is 8.27. The molecule has 0 unspecified atom stereocenters. The van der Waals surface area contributed by atoms with E-state index >= 15 is 0 Å². The van der Waals surface area contributed by atoms with Crippen molar-refractivity contribution in [1.29, 1.82) is 0 Å². The zero-order chi connectivity index (χ0) is 18.3. The van der Waals surface area contributed by atoms with Gasteiger partial charge < -0.3 is 10.6 Å². The van der Waals surface area contributed by atoms with Gasteiger partial charge in [-0.3, -0.25) is 14.8 Å². The molecule has 0 spiro atoms. The number of rotatable bonds is 5. The van der Waals surface area contributed by atoms with E-state index in [1.807, 2.05) is 25.4 Å². The van der Waals surface area contributed by atoms with Crippen LogP contribution < -0.4 is 10.6 Å². The molecule has 2 fully saturated rings. The molecule has 0 bridgehead atoms. The molecule has 1 saturated heterocycles. The summed E-state index contributed by atoms with van der Waals surface area (Å²) in [6, 6.07) is 3.86. The molecule has 2 aromatic rings. The summed E-state index contributed by atoms with van der Waals surface area (Å²) in [5, 5.41) is 1.15. The van der Waals surface area contributed by atoms with E-state index in [9.17, 15) is 4.79 Å². The maximum atomic E-state index is 12.5. The van der Waals surface area contributed by atoms with E-state index in [1.165, 1.54) is 0 Å². The Hall–Kier alpha value is -2.01. The molecule has 2 aromatic heterocycles. The van der Waals surface area contributed by atoms with Gasteiger partial charge in [-0.05, 0) is 56.1 Å². The number of aromatic nitrogens is 2. The highest BCUT2D eigenvalue weighted by Gasteiger charge is 2.35. The van der Waals surface area contributed by atoms with Crippen molar-refractivity contribution in [3.8, 4) is 0 Å². The van der Waals surface area contributed by atoms with Gasteiger partial charge in [0, 0.05) is 31.1 Å². The third-order valence-electron chi connectivity index (χ3n) is 5.89. The lowest BCUT2D eigenvalue weighted by molar-refractivity contribution is -0.121. The number of fused-ring (bicyclic) bond motifs is 1. The highest BCUT2D eigenvalue weighted by atomic mass is 16.1. The first-order chi connectivity index (χ1) is 12.5. The van der Waals surface area contributed by atoms with Crippen LogP contribution in [0.2, 0.25) is 0 Å². The fourth-order valence-electron chi connectivity index (χ4n) is 4.40. The van der Waals surface area contributed by atoms with E-state index in [0.717, 1.165) is 54.6 Å². The Morgan fingerprint density at radius 1 is 1.35 bits per heavy atom. The summed E-state index contributed by atoms with van der Waals surface area (Å²) >= 11 is 0. The molecule has 3 heterocycles. The van der Waals surface area contributed by atoms with Crippen LogP contribution in [0.3, 0.4) is 0 Å². The number of piperidine rings is 1. The number of carbonyl (C=O) groups excluding carboxylic acids is 1. The minimum atomic E-state index is -0.244. The number of carbonyl (C=O) groups is 1. The molecule has 0 aromatic carbocycles. The highest BCUT2D eigenvalue weighted by molar-refractivity contribution is 5.92. The topological polar surface area (TPSA) is 72.1 Å². The van der Waals surface area contributed by atoms with Gasteiger partial charge in [-0.2, -0.15) is 0 Å². The first-order valence-corrected chi connectivity index (χ1v) is 9.76. The second kappa shape index (κ2) is 6.95. The Kier molecular flexibility index (Phi) is 4.65. The Morgan fingerprint density at radius 2 is 2.15 bits per heavy atom. The zero-order valence-electron chi connectivity index (χ0n) is 15.7. The van der Waals surface area contributed by atoms with Gasteiger partial charge in [-0.25, -0.2) is 0 Å². The number of Topliss-reactive ketones (excluding diaryl/α,β-unsaturated/α-hetero) is 1. The van der Waals surface area contributed by atoms with Gasteiger partial charge in [-0.15, -0.1) is 0 Å². The van der Waals surface area contributed by atoms with E-state index in [1.54, 1.807) is 0 Å². The van der Waals surface area contributed by atoms with E-state index in [-0.39, 0.29) is 11.8 Å². The number of hydrogen-bond acceptors (Lipinski definition) is 5. The van der Waals surface area contributed by atoms with Gasteiger partial charge >= 0.3 is 0 Å². The number of nitrogens with two attached hydrogens (primary N) is 1. The van der Waals surface area contributed by atoms with Crippen LogP contribution in [0.5, 0.6) is 0 Å². The number of anilines is 1. The molecule has 138 valence electrons. The quantitative estimate of drug-likeness (QED) is 0.895. The lowest BCUT2D eigenvalue weighted by Gasteiger charge is -2.38. The van der Waals surface area contributed by atoms with Gasteiger partial charge in [0.25, 0.3) is 0 Å². The van der Waals surface area contributed by atoms with E-state index < -0.39 is 0 Å². The van der Waals surface area contributed by atoms with E-state index in [4.69, 9.17) is 5.73 Å². The Morgan fingerprint density at radius 3 is 2.92 bits per heavy atom. The van der Waals surface area contributed by atoms with Crippen LogP contribution >= 0.6 is 0 Å². The Bertz CT molecular complexity index is 817. The molecule has 2 N–H and O–H groups in total. The molecule has 26 heavy (non-hydrogen) atoms. The first kappa shape index (κ1) is 17.4. The molecule has 0 radical (unpaired) electrons. The van der Waals surface area contributed by atoms with Crippen LogP contribution in [0.25, 0.3) is 10.9 Å². The number of aryl methyl sites for hydroxylation is 1. The largest absolute Gasteiger partial charge is 0.369 e. The number of pyridine rings is 2. The molecule has 2 aliphatic rings. The van der Waals surface area contributed by atoms with Crippen molar-refractivity contribution in [2.75, 3.05) is 18.0 Å². The highest BCUT2D eigenvalue weighted by Crippen LogP contribution is 2.35. The van der Waals surface area contributed by atoms with Gasteiger partial charge in [-0.1, -0.05) is 6.92 Å². The fourth-order valence-corrected chi connectivity index (χ4v) is 4.40. The summed E-state index contributed by atoms with van der Waals surface area (Å²) in [4.78, 5) is 24.0. The molecule has 1 aliphatic heterocycles. The molecule has 3 atom stereocenters. The molecule has 5 nitrogen and oxygen atoms in total. The summed E-state index contributed by atoms with van der Waals surface area (Å²) in [6.45, 7) is 6.15. The monoisotopic (exact) mass is 352 g/mol. The fraction of sp³-hybridized carbons (Fsp3) is 0.571. The molecule has 1 aliphatic carbocycles. The molecular weight excluding hydrogens is 324 g/mol. The van der Waals surface area contributed by atoms with E-state index in [0.29, 0.717) is 24.2 Å². The van der Waals surface area contributed by atoms with Gasteiger partial charge in [0.15, 0.2) is 0 Å².